The van der Waals surface area contributed by atoms with E-state index in [2.05, 4.69) is 123 Å². The fourth-order valence-electron chi connectivity index (χ4n) is 9.28. The summed E-state index contributed by atoms with van der Waals surface area (Å²) in [7, 11) is 0. The first-order chi connectivity index (χ1) is 27.1. The Bertz CT molecular complexity index is 3220. The number of thiophene rings is 1. The maximum Gasteiger partial charge on any atom is 0.254 e. The van der Waals surface area contributed by atoms with Gasteiger partial charge in [-0.3, -0.25) is 0 Å². The predicted molar refractivity (Wildman–Crippen MR) is 228 cm³/mol. The molecule has 2 aliphatic rings. The molecule has 8 aromatic carbocycles. The first-order valence-corrected chi connectivity index (χ1v) is 19.3. The Kier molecular flexibility index (Phi) is 6.37. The largest absolute Gasteiger partial charge is 0.309 e. The van der Waals surface area contributed by atoms with Crippen LogP contribution in [0.4, 0.5) is 42.9 Å². The minimum Gasteiger partial charge on any atom is -0.309 e. The molecular weight excluding hydrogens is 699 g/mol. The number of nitrogens with zero attached hydrogens (tertiary/aromatic N) is 3. The summed E-state index contributed by atoms with van der Waals surface area (Å²) in [6.45, 7) is -0.218. The zero-order valence-electron chi connectivity index (χ0n) is 29.2. The van der Waals surface area contributed by atoms with E-state index >= 15 is 8.78 Å². The van der Waals surface area contributed by atoms with E-state index in [0.29, 0.717) is 11.4 Å². The van der Waals surface area contributed by atoms with Crippen LogP contribution in [0.15, 0.2) is 169 Å². The Balaban J connectivity index is 1.26. The van der Waals surface area contributed by atoms with Crippen LogP contribution in [0, 0.1) is 11.6 Å². The number of halogens is 2. The Morgan fingerprint density at radius 1 is 0.436 bits per heavy atom. The molecule has 0 spiro atoms. The number of hydrogen-bond acceptors (Lipinski definition) is 3. The summed E-state index contributed by atoms with van der Waals surface area (Å²) in [4.78, 5) is 4.15. The monoisotopic (exact) mass is 727 g/mol. The molecule has 0 radical (unpaired) electrons. The van der Waals surface area contributed by atoms with Gasteiger partial charge in [-0.15, -0.1) is 11.3 Å². The lowest BCUT2D eigenvalue weighted by Gasteiger charge is -2.44. The highest BCUT2D eigenvalue weighted by atomic mass is 32.1. The van der Waals surface area contributed by atoms with Gasteiger partial charge in [0.2, 0.25) is 0 Å². The van der Waals surface area contributed by atoms with Gasteiger partial charge in [0.15, 0.2) is 0 Å². The number of fused-ring (bicyclic) bond motifs is 10. The number of benzene rings is 8. The summed E-state index contributed by atoms with van der Waals surface area (Å²) in [6, 6.07) is 54.8. The molecule has 258 valence electrons. The molecule has 0 saturated heterocycles. The number of para-hydroxylation sites is 3. The summed E-state index contributed by atoms with van der Waals surface area (Å²) in [5.74, 6) is -0.622. The highest BCUT2D eigenvalue weighted by Gasteiger charge is 2.45. The molecule has 55 heavy (non-hydrogen) atoms. The quantitative estimate of drug-likeness (QED) is 0.168. The zero-order chi connectivity index (χ0) is 36.4. The Morgan fingerprint density at radius 3 is 1.75 bits per heavy atom. The second-order valence-corrected chi connectivity index (χ2v) is 15.3. The first-order valence-electron chi connectivity index (χ1n) is 18.4. The molecule has 0 aliphatic carbocycles. The summed E-state index contributed by atoms with van der Waals surface area (Å²) < 4.78 is 35.9. The van der Waals surface area contributed by atoms with Crippen LogP contribution in [0.1, 0.15) is 0 Å². The summed E-state index contributed by atoms with van der Waals surface area (Å²) in [5.41, 5.74) is 10.9. The minimum absolute atomic E-state index is 0.218. The van der Waals surface area contributed by atoms with Gasteiger partial charge in [0.1, 0.15) is 11.6 Å². The normalized spacial score (nSPS) is 13.2. The van der Waals surface area contributed by atoms with Crippen LogP contribution < -0.4 is 26.2 Å². The van der Waals surface area contributed by atoms with Gasteiger partial charge < -0.3 is 14.4 Å². The number of hydrogen-bond donors (Lipinski definition) is 0. The van der Waals surface area contributed by atoms with Gasteiger partial charge >= 0.3 is 0 Å². The second kappa shape index (κ2) is 11.4. The van der Waals surface area contributed by atoms with E-state index in [0.717, 1.165) is 76.7 Å². The van der Waals surface area contributed by atoms with Crippen LogP contribution in [0.25, 0.3) is 48.4 Å². The van der Waals surface area contributed by atoms with Crippen LogP contribution in [0.2, 0.25) is 0 Å². The minimum atomic E-state index is -0.317. The van der Waals surface area contributed by atoms with Gasteiger partial charge in [0.05, 0.1) is 22.4 Å². The van der Waals surface area contributed by atoms with Crippen LogP contribution in [0.5, 0.6) is 0 Å². The average molecular weight is 728 g/mol. The maximum atomic E-state index is 16.3. The third-order valence-corrected chi connectivity index (χ3v) is 12.5. The number of anilines is 6. The lowest BCUT2D eigenvalue weighted by Crippen LogP contribution is -2.61. The molecule has 12 rings (SSSR count). The molecule has 0 unspecified atom stereocenters. The number of aromatic nitrogens is 1. The third-order valence-electron chi connectivity index (χ3n) is 11.5. The molecular formula is C48H28BF2N3S. The van der Waals surface area contributed by atoms with Crippen molar-refractivity contribution in [3.8, 4) is 5.69 Å². The van der Waals surface area contributed by atoms with E-state index in [9.17, 15) is 0 Å². The van der Waals surface area contributed by atoms with Crippen molar-refractivity contribution >= 4 is 111 Å². The van der Waals surface area contributed by atoms with Gasteiger partial charge in [-0.05, 0) is 117 Å². The van der Waals surface area contributed by atoms with Crippen molar-refractivity contribution in [3.05, 3.63) is 181 Å². The van der Waals surface area contributed by atoms with Gasteiger partial charge in [-0.2, -0.15) is 0 Å². The molecule has 0 bridgehead atoms. The predicted octanol–water partition coefficient (Wildman–Crippen LogP) is 11.5. The molecule has 7 heteroatoms. The first kappa shape index (κ1) is 30.7. The second-order valence-electron chi connectivity index (χ2n) is 14.4. The van der Waals surface area contributed by atoms with Gasteiger partial charge in [-0.1, -0.05) is 84.9 Å². The highest BCUT2D eigenvalue weighted by molar-refractivity contribution is 7.20. The molecule has 2 aliphatic heterocycles. The average Bonchev–Trinajstić information content (AvgIpc) is 3.83. The lowest BCUT2D eigenvalue weighted by molar-refractivity contribution is 0.629. The lowest BCUT2D eigenvalue weighted by atomic mass is 9.33. The highest BCUT2D eigenvalue weighted by Crippen LogP contribution is 2.47. The van der Waals surface area contributed by atoms with Gasteiger partial charge in [0, 0.05) is 43.9 Å². The van der Waals surface area contributed by atoms with Crippen molar-refractivity contribution < 1.29 is 8.78 Å². The molecule has 0 fully saturated rings. The molecule has 2 aromatic heterocycles. The molecule has 0 saturated carbocycles. The Morgan fingerprint density at radius 2 is 1.02 bits per heavy atom. The van der Waals surface area contributed by atoms with Gasteiger partial charge in [-0.25, -0.2) is 8.78 Å². The summed E-state index contributed by atoms with van der Waals surface area (Å²) >= 11 is 1.71. The van der Waals surface area contributed by atoms with E-state index in [1.165, 1.54) is 22.9 Å². The van der Waals surface area contributed by atoms with Crippen molar-refractivity contribution in [2.24, 2.45) is 0 Å². The van der Waals surface area contributed by atoms with Crippen molar-refractivity contribution in [1.29, 1.82) is 0 Å². The van der Waals surface area contributed by atoms with Crippen molar-refractivity contribution in [2.75, 3.05) is 9.80 Å². The molecule has 0 N–H and O–H groups in total. The third kappa shape index (κ3) is 4.24. The molecule has 0 atom stereocenters. The maximum absolute atomic E-state index is 16.3. The van der Waals surface area contributed by atoms with E-state index in [-0.39, 0.29) is 18.3 Å². The van der Waals surface area contributed by atoms with Crippen LogP contribution in [0.3, 0.4) is 0 Å². The standard InChI is InChI=1S/C48H28BF2N3S/c50-36-15-6-8-17-38(36)53-40-19-10-20-41-46(40)49(47-42(53)22-21-29-23-24-55-48(29)47)35-27-34-33-25-30-11-4-5-12-31(30)26-43(33)52(32-13-2-1-3-14-32)44(34)28-45(35)54(41)39-18-9-7-16-37(39)51/h1-28H. The fraction of sp³-hybridized carbons (Fsp3) is 0. The number of rotatable bonds is 3. The van der Waals surface area contributed by atoms with Crippen molar-refractivity contribution in [1.82, 2.24) is 4.57 Å². The Hall–Kier alpha value is -6.70. The fourth-order valence-corrected chi connectivity index (χ4v) is 10.3. The van der Waals surface area contributed by atoms with E-state index in [1.54, 1.807) is 23.5 Å². The molecule has 0 amide bonds. The SMILES string of the molecule is Fc1ccccc1N1c2cc3c(cc2B2c4c1cccc4N(c1ccccc1F)c1ccc4ccsc4c12)c1cc2ccccc2cc1n3-c1ccccc1. The molecule has 4 heterocycles. The van der Waals surface area contributed by atoms with E-state index < -0.39 is 0 Å². The van der Waals surface area contributed by atoms with Crippen LogP contribution in [-0.4, -0.2) is 11.3 Å². The molecule has 3 nitrogen and oxygen atoms in total. The van der Waals surface area contributed by atoms with Gasteiger partial charge in [0.25, 0.3) is 6.71 Å². The van der Waals surface area contributed by atoms with Crippen LogP contribution >= 0.6 is 11.3 Å². The molecule has 10 aromatic rings. The summed E-state index contributed by atoms with van der Waals surface area (Å²) in [5, 5.41) is 7.88. The van der Waals surface area contributed by atoms with Crippen molar-refractivity contribution in [3.63, 3.8) is 0 Å². The topological polar surface area (TPSA) is 11.4 Å². The van der Waals surface area contributed by atoms with Crippen molar-refractivity contribution in [2.45, 2.75) is 0 Å². The van der Waals surface area contributed by atoms with Crippen LogP contribution in [-0.2, 0) is 0 Å². The smallest absolute Gasteiger partial charge is 0.254 e. The zero-order valence-corrected chi connectivity index (χ0v) is 30.1. The summed E-state index contributed by atoms with van der Waals surface area (Å²) in [6.07, 6.45) is 0. The Labute approximate surface area is 319 Å². The van der Waals surface area contributed by atoms with E-state index in [4.69, 9.17) is 0 Å². The van der Waals surface area contributed by atoms with E-state index in [1.807, 2.05) is 36.4 Å².